The van der Waals surface area contributed by atoms with Crippen molar-refractivity contribution in [3.63, 3.8) is 0 Å². The highest BCUT2D eigenvalue weighted by Crippen LogP contribution is 2.28. The molecule has 2 aliphatic rings. The van der Waals surface area contributed by atoms with Gasteiger partial charge in [-0.05, 0) is 47.6 Å². The topological polar surface area (TPSA) is 120 Å². The first-order valence-corrected chi connectivity index (χ1v) is 12.3. The summed E-state index contributed by atoms with van der Waals surface area (Å²) >= 11 is 0. The van der Waals surface area contributed by atoms with E-state index in [1.807, 2.05) is 20.8 Å². The lowest BCUT2D eigenvalue weighted by molar-refractivity contribution is -0.121. The maximum absolute atomic E-state index is 12.2. The summed E-state index contributed by atoms with van der Waals surface area (Å²) < 4.78 is 72.4. The number of nitrogens with zero attached hydrogens (tertiary/aromatic N) is 2. The van der Waals surface area contributed by atoms with E-state index in [4.69, 9.17) is 9.47 Å². The van der Waals surface area contributed by atoms with Gasteiger partial charge < -0.3 is 23.5 Å². The summed E-state index contributed by atoms with van der Waals surface area (Å²) in [5, 5.41) is 0. The van der Waals surface area contributed by atoms with Crippen molar-refractivity contribution < 1.29 is 49.6 Å². The van der Waals surface area contributed by atoms with Crippen molar-refractivity contribution in [2.24, 2.45) is 0 Å². The van der Waals surface area contributed by atoms with Gasteiger partial charge in [-0.2, -0.15) is 21.6 Å². The van der Waals surface area contributed by atoms with Gasteiger partial charge in [0.1, 0.15) is 22.7 Å². The molecule has 0 saturated carbocycles. The van der Waals surface area contributed by atoms with Crippen molar-refractivity contribution in [1.29, 1.82) is 0 Å². The second-order valence-electron chi connectivity index (χ2n) is 9.84. The molecule has 1 saturated heterocycles. The number of rotatable bonds is 2. The van der Waals surface area contributed by atoms with E-state index >= 15 is 0 Å². The molecule has 0 aromatic rings. The SMILES string of the molecule is C.C.CC(C)(C)OC(=O)N1CC=C(OS(=O)(=O)C(F)(F)F)CC1.CC(C)(C)OC(=O)N1CCC(=O)CC1. The predicted molar refractivity (Wildman–Crippen MR) is 132 cm³/mol. The van der Waals surface area contributed by atoms with Crippen LogP contribution in [-0.4, -0.2) is 79.1 Å². The molecule has 0 radical (unpaired) electrons. The normalized spacial score (nSPS) is 16.7. The first kappa shape index (κ1) is 36.6. The summed E-state index contributed by atoms with van der Waals surface area (Å²) in [6.45, 7) is 11.4. The summed E-state index contributed by atoms with van der Waals surface area (Å²) in [5.74, 6) is -0.114. The van der Waals surface area contributed by atoms with Gasteiger partial charge in [0.15, 0.2) is 0 Å². The number of likely N-dealkylation sites (tertiary alicyclic amines) is 1. The molecule has 0 atom stereocenters. The maximum Gasteiger partial charge on any atom is 0.534 e. The lowest BCUT2D eigenvalue weighted by Gasteiger charge is -2.29. The van der Waals surface area contributed by atoms with Gasteiger partial charge in [0.25, 0.3) is 0 Å². The van der Waals surface area contributed by atoms with Crippen LogP contribution >= 0.6 is 0 Å². The molecule has 2 aliphatic heterocycles. The second-order valence-corrected chi connectivity index (χ2v) is 11.4. The highest BCUT2D eigenvalue weighted by Gasteiger charge is 2.49. The Hall–Kier alpha value is -2.51. The van der Waals surface area contributed by atoms with E-state index < -0.39 is 32.9 Å². The molecule has 2 amide bonds. The number of ether oxygens (including phenoxy) is 2. The molecule has 0 N–H and O–H groups in total. The van der Waals surface area contributed by atoms with Crippen LogP contribution in [0.15, 0.2) is 11.8 Å². The van der Waals surface area contributed by atoms with E-state index in [0.29, 0.717) is 25.9 Å². The first-order valence-electron chi connectivity index (χ1n) is 10.9. The van der Waals surface area contributed by atoms with E-state index in [1.165, 1.54) is 4.90 Å². The van der Waals surface area contributed by atoms with Crippen molar-refractivity contribution in [3.8, 4) is 0 Å². The molecule has 0 unspecified atom stereocenters. The zero-order valence-corrected chi connectivity index (χ0v) is 21.5. The van der Waals surface area contributed by atoms with Crippen molar-refractivity contribution in [2.45, 2.75) is 92.4 Å². The molecule has 2 heterocycles. The number of piperidine rings is 1. The number of halogens is 3. The molecule has 2 rings (SSSR count). The molecule has 37 heavy (non-hydrogen) atoms. The third kappa shape index (κ3) is 13.6. The monoisotopic (exact) mass is 562 g/mol. The van der Waals surface area contributed by atoms with Crippen molar-refractivity contribution in [2.75, 3.05) is 26.2 Å². The van der Waals surface area contributed by atoms with Crippen LogP contribution in [-0.2, 0) is 28.6 Å². The molecule has 0 bridgehead atoms. The minimum Gasteiger partial charge on any atom is -0.444 e. The Morgan fingerprint density at radius 3 is 1.57 bits per heavy atom. The van der Waals surface area contributed by atoms with Gasteiger partial charge in [-0.15, -0.1) is 0 Å². The summed E-state index contributed by atoms with van der Waals surface area (Å²) in [5.41, 5.74) is -6.63. The van der Waals surface area contributed by atoms with Gasteiger partial charge in [-0.25, -0.2) is 9.59 Å². The number of amides is 2. The zero-order chi connectivity index (χ0) is 27.2. The van der Waals surface area contributed by atoms with Gasteiger partial charge in [-0.1, -0.05) is 14.9 Å². The van der Waals surface area contributed by atoms with Gasteiger partial charge in [0, 0.05) is 45.4 Å². The number of hydrogen-bond acceptors (Lipinski definition) is 8. The fourth-order valence-corrected chi connectivity index (χ4v) is 3.20. The highest BCUT2D eigenvalue weighted by atomic mass is 32.2. The zero-order valence-electron chi connectivity index (χ0n) is 20.7. The Morgan fingerprint density at radius 1 is 0.811 bits per heavy atom. The van der Waals surface area contributed by atoms with Gasteiger partial charge in [-0.3, -0.25) is 4.79 Å². The Kier molecular flexibility index (Phi) is 13.7. The van der Waals surface area contributed by atoms with Crippen molar-refractivity contribution >= 4 is 28.1 Å². The van der Waals surface area contributed by atoms with E-state index in [1.54, 1.807) is 25.7 Å². The Balaban J connectivity index is 0. The van der Waals surface area contributed by atoms with E-state index in [-0.39, 0.29) is 52.0 Å². The minimum absolute atomic E-state index is 0. The molecule has 14 heteroatoms. The largest absolute Gasteiger partial charge is 0.534 e. The van der Waals surface area contributed by atoms with Crippen LogP contribution in [0.1, 0.15) is 75.7 Å². The molecular formula is C23H41F3N2O8S. The number of hydrogen-bond donors (Lipinski definition) is 0. The molecule has 218 valence electrons. The van der Waals surface area contributed by atoms with Gasteiger partial charge in [0.2, 0.25) is 0 Å². The average Bonchev–Trinajstić information content (AvgIpc) is 2.65. The van der Waals surface area contributed by atoms with Crippen LogP contribution in [0.4, 0.5) is 22.8 Å². The van der Waals surface area contributed by atoms with Crippen molar-refractivity contribution in [3.05, 3.63) is 11.8 Å². The number of carbonyl (C=O) groups is 3. The fraction of sp³-hybridized carbons (Fsp3) is 0.783. The van der Waals surface area contributed by atoms with Crippen molar-refractivity contribution in [1.82, 2.24) is 9.80 Å². The van der Waals surface area contributed by atoms with E-state index in [2.05, 4.69) is 4.18 Å². The molecule has 0 aromatic heterocycles. The summed E-state index contributed by atoms with van der Waals surface area (Å²) in [7, 11) is -5.67. The molecule has 0 aliphatic carbocycles. The number of Topliss-reactive ketones (excluding diaryl/α,β-unsaturated/α-hetero) is 1. The van der Waals surface area contributed by atoms with Crippen LogP contribution in [0.5, 0.6) is 0 Å². The highest BCUT2D eigenvalue weighted by molar-refractivity contribution is 7.87. The first-order chi connectivity index (χ1) is 15.7. The molecule has 0 spiro atoms. The van der Waals surface area contributed by atoms with Crippen LogP contribution in [0.25, 0.3) is 0 Å². The molecule has 10 nitrogen and oxygen atoms in total. The minimum atomic E-state index is -5.67. The lowest BCUT2D eigenvalue weighted by atomic mass is 10.1. The number of carbonyl (C=O) groups excluding carboxylic acids is 3. The van der Waals surface area contributed by atoms with Gasteiger partial charge >= 0.3 is 27.8 Å². The summed E-state index contributed by atoms with van der Waals surface area (Å²) in [6, 6.07) is 0. The number of alkyl halides is 3. The Labute approximate surface area is 218 Å². The fourth-order valence-electron chi connectivity index (χ4n) is 2.67. The van der Waals surface area contributed by atoms with Crippen LogP contribution in [0, 0.1) is 0 Å². The smallest absolute Gasteiger partial charge is 0.444 e. The molecule has 1 fully saturated rings. The quantitative estimate of drug-likeness (QED) is 0.331. The Morgan fingerprint density at radius 2 is 1.22 bits per heavy atom. The Bertz CT molecular complexity index is 910. The lowest BCUT2D eigenvalue weighted by Crippen LogP contribution is -2.41. The van der Waals surface area contributed by atoms with Crippen LogP contribution < -0.4 is 0 Å². The summed E-state index contributed by atoms with van der Waals surface area (Å²) in [6.07, 6.45) is 0.936. The molecular weight excluding hydrogens is 521 g/mol. The van der Waals surface area contributed by atoms with E-state index in [9.17, 15) is 36.0 Å². The third-order valence-electron chi connectivity index (χ3n) is 4.29. The molecule has 0 aromatic carbocycles. The second kappa shape index (κ2) is 13.9. The summed E-state index contributed by atoms with van der Waals surface area (Å²) in [4.78, 5) is 37.0. The average molecular weight is 563 g/mol. The number of ketones is 1. The maximum atomic E-state index is 12.2. The van der Waals surface area contributed by atoms with Gasteiger partial charge in [0.05, 0.1) is 0 Å². The third-order valence-corrected chi connectivity index (χ3v) is 5.29. The van der Waals surface area contributed by atoms with E-state index in [0.717, 1.165) is 6.08 Å². The van der Waals surface area contributed by atoms with Crippen LogP contribution in [0.2, 0.25) is 0 Å². The standard InChI is InChI=1S/C11H16F3NO5S.C10H17NO3.2CH4/c1-10(2,3)19-9(16)15-6-4-8(5-7-15)20-21(17,18)11(12,13)14;1-10(2,3)14-9(13)11-6-4-8(12)5-7-11;;/h4H,5-7H2,1-3H3;4-7H2,1-3H3;2*1H4. The predicted octanol–water partition coefficient (Wildman–Crippen LogP) is 5.24. The van der Waals surface area contributed by atoms with Crippen LogP contribution in [0.3, 0.4) is 0 Å².